The van der Waals surface area contributed by atoms with Gasteiger partial charge in [-0.1, -0.05) is 12.1 Å². The third kappa shape index (κ3) is 4.22. The van der Waals surface area contributed by atoms with Crippen LogP contribution in [0, 0.1) is 0 Å². The van der Waals surface area contributed by atoms with E-state index in [0.717, 1.165) is 39.3 Å². The molecular formula is C14H20N2O3. The molecule has 1 aromatic rings. The van der Waals surface area contributed by atoms with E-state index in [2.05, 4.69) is 4.90 Å². The maximum Gasteiger partial charge on any atom is 0.340 e. The minimum atomic E-state index is -0.347. The molecular weight excluding hydrogens is 244 g/mol. The van der Waals surface area contributed by atoms with Crippen molar-refractivity contribution in [3.63, 3.8) is 0 Å². The van der Waals surface area contributed by atoms with Crippen molar-refractivity contribution in [3.8, 4) is 0 Å². The van der Waals surface area contributed by atoms with Gasteiger partial charge in [-0.3, -0.25) is 4.90 Å². The highest BCUT2D eigenvalue weighted by Gasteiger charge is 2.12. The molecule has 5 nitrogen and oxygen atoms in total. The Balaban J connectivity index is 1.68. The number of carbonyl (C=O) groups excluding carboxylic acids is 1. The third-order valence-electron chi connectivity index (χ3n) is 3.14. The lowest BCUT2D eigenvalue weighted by Gasteiger charge is -2.26. The van der Waals surface area contributed by atoms with Crippen molar-refractivity contribution in [2.75, 3.05) is 45.2 Å². The van der Waals surface area contributed by atoms with Gasteiger partial charge in [-0.15, -0.1) is 0 Å². The largest absolute Gasteiger partial charge is 0.462 e. The Morgan fingerprint density at radius 2 is 2.05 bits per heavy atom. The Morgan fingerprint density at radius 3 is 2.79 bits per heavy atom. The number of hydrogen-bond donors (Lipinski definition) is 1. The quantitative estimate of drug-likeness (QED) is 0.491. The van der Waals surface area contributed by atoms with Crippen molar-refractivity contribution in [1.82, 2.24) is 4.90 Å². The topological polar surface area (TPSA) is 64.8 Å². The van der Waals surface area contributed by atoms with Crippen molar-refractivity contribution >= 4 is 11.7 Å². The molecule has 2 rings (SSSR count). The van der Waals surface area contributed by atoms with Crippen LogP contribution in [0.4, 0.5) is 5.69 Å². The summed E-state index contributed by atoms with van der Waals surface area (Å²) >= 11 is 0. The van der Waals surface area contributed by atoms with E-state index in [1.165, 1.54) is 0 Å². The fourth-order valence-corrected chi connectivity index (χ4v) is 2.04. The lowest BCUT2D eigenvalue weighted by molar-refractivity contribution is 0.0299. The van der Waals surface area contributed by atoms with E-state index in [-0.39, 0.29) is 5.97 Å². The molecule has 1 aliphatic rings. The Morgan fingerprint density at radius 1 is 1.32 bits per heavy atom. The molecule has 1 aliphatic heterocycles. The lowest BCUT2D eigenvalue weighted by Crippen LogP contribution is -2.37. The van der Waals surface area contributed by atoms with Crippen molar-refractivity contribution in [1.29, 1.82) is 0 Å². The van der Waals surface area contributed by atoms with Gasteiger partial charge in [0.05, 0.1) is 25.4 Å². The van der Waals surface area contributed by atoms with Gasteiger partial charge in [0.2, 0.25) is 0 Å². The van der Waals surface area contributed by atoms with Gasteiger partial charge in [0.1, 0.15) is 0 Å². The summed E-state index contributed by atoms with van der Waals surface area (Å²) in [5.74, 6) is -0.347. The number of ether oxygens (including phenoxy) is 2. The number of morpholine rings is 1. The van der Waals surface area contributed by atoms with Gasteiger partial charge in [0.25, 0.3) is 0 Å². The van der Waals surface area contributed by atoms with E-state index >= 15 is 0 Å². The highest BCUT2D eigenvalue weighted by molar-refractivity contribution is 5.94. The van der Waals surface area contributed by atoms with Gasteiger partial charge in [-0.2, -0.15) is 0 Å². The number of carbonyl (C=O) groups is 1. The lowest BCUT2D eigenvalue weighted by atomic mass is 10.2. The first kappa shape index (κ1) is 13.8. The van der Waals surface area contributed by atoms with Gasteiger partial charge in [-0.05, 0) is 18.6 Å². The molecule has 19 heavy (non-hydrogen) atoms. The van der Waals surface area contributed by atoms with Crippen molar-refractivity contribution in [2.45, 2.75) is 6.42 Å². The number of para-hydroxylation sites is 1. The SMILES string of the molecule is Nc1ccccc1C(=O)OCCCN1CCOCC1. The summed E-state index contributed by atoms with van der Waals surface area (Å²) in [5, 5.41) is 0. The monoisotopic (exact) mass is 264 g/mol. The smallest absolute Gasteiger partial charge is 0.340 e. The summed E-state index contributed by atoms with van der Waals surface area (Å²) in [6.07, 6.45) is 0.832. The first-order valence-electron chi connectivity index (χ1n) is 6.59. The van der Waals surface area contributed by atoms with Crippen LogP contribution in [0.2, 0.25) is 0 Å². The van der Waals surface area contributed by atoms with Crippen LogP contribution in [0.25, 0.3) is 0 Å². The Hall–Kier alpha value is -1.59. The first-order valence-corrected chi connectivity index (χ1v) is 6.59. The first-order chi connectivity index (χ1) is 9.27. The summed E-state index contributed by atoms with van der Waals surface area (Å²) in [4.78, 5) is 14.1. The summed E-state index contributed by atoms with van der Waals surface area (Å²) in [7, 11) is 0. The van der Waals surface area contributed by atoms with E-state index in [0.29, 0.717) is 17.9 Å². The summed E-state index contributed by atoms with van der Waals surface area (Å²) in [5.41, 5.74) is 6.62. The molecule has 0 aliphatic carbocycles. The van der Waals surface area contributed by atoms with Crippen molar-refractivity contribution in [2.24, 2.45) is 0 Å². The minimum absolute atomic E-state index is 0.347. The fraction of sp³-hybridized carbons (Fsp3) is 0.500. The maximum absolute atomic E-state index is 11.8. The van der Waals surface area contributed by atoms with E-state index in [9.17, 15) is 4.79 Å². The van der Waals surface area contributed by atoms with Crippen LogP contribution < -0.4 is 5.73 Å². The summed E-state index contributed by atoms with van der Waals surface area (Å²) < 4.78 is 10.5. The molecule has 0 radical (unpaired) electrons. The number of nitrogens with zero attached hydrogens (tertiary/aromatic N) is 1. The molecule has 0 atom stereocenters. The number of benzene rings is 1. The molecule has 5 heteroatoms. The second-order valence-corrected chi connectivity index (χ2v) is 4.53. The second kappa shape index (κ2) is 7.11. The standard InChI is InChI=1S/C14H20N2O3/c15-13-5-2-1-4-12(13)14(17)19-9-3-6-16-7-10-18-11-8-16/h1-2,4-5H,3,6-11,15H2. The number of hydrogen-bond acceptors (Lipinski definition) is 5. The highest BCUT2D eigenvalue weighted by Crippen LogP contribution is 2.11. The maximum atomic E-state index is 11.8. The van der Waals surface area contributed by atoms with Crippen LogP contribution in [0.3, 0.4) is 0 Å². The molecule has 0 saturated carbocycles. The van der Waals surface area contributed by atoms with Crippen LogP contribution >= 0.6 is 0 Å². The molecule has 104 valence electrons. The predicted molar refractivity (Wildman–Crippen MR) is 73.0 cm³/mol. The minimum Gasteiger partial charge on any atom is -0.462 e. The number of anilines is 1. The van der Waals surface area contributed by atoms with E-state index in [4.69, 9.17) is 15.2 Å². The zero-order valence-corrected chi connectivity index (χ0v) is 11.0. The van der Waals surface area contributed by atoms with Crippen LogP contribution in [-0.2, 0) is 9.47 Å². The predicted octanol–water partition coefficient (Wildman–Crippen LogP) is 1.15. The van der Waals surface area contributed by atoms with Crippen molar-refractivity contribution in [3.05, 3.63) is 29.8 Å². The molecule has 1 fully saturated rings. The van der Waals surface area contributed by atoms with Crippen molar-refractivity contribution < 1.29 is 14.3 Å². The summed E-state index contributed by atoms with van der Waals surface area (Å²) in [6.45, 7) is 4.85. The molecule has 1 heterocycles. The van der Waals surface area contributed by atoms with Crippen LogP contribution in [0.1, 0.15) is 16.8 Å². The molecule has 0 bridgehead atoms. The average Bonchev–Trinajstić information content (AvgIpc) is 2.45. The van der Waals surface area contributed by atoms with Crippen LogP contribution in [0.5, 0.6) is 0 Å². The molecule has 0 unspecified atom stereocenters. The molecule has 0 amide bonds. The molecule has 2 N–H and O–H groups in total. The van der Waals surface area contributed by atoms with Gasteiger partial charge >= 0.3 is 5.97 Å². The highest BCUT2D eigenvalue weighted by atomic mass is 16.5. The average molecular weight is 264 g/mol. The van der Waals surface area contributed by atoms with Gasteiger partial charge < -0.3 is 15.2 Å². The fourth-order valence-electron chi connectivity index (χ4n) is 2.04. The van der Waals surface area contributed by atoms with E-state index < -0.39 is 0 Å². The second-order valence-electron chi connectivity index (χ2n) is 4.53. The number of rotatable bonds is 5. The third-order valence-corrected chi connectivity index (χ3v) is 3.14. The van der Waals surface area contributed by atoms with E-state index in [1.807, 2.05) is 0 Å². The molecule has 0 spiro atoms. The van der Waals surface area contributed by atoms with Crippen LogP contribution in [0.15, 0.2) is 24.3 Å². The summed E-state index contributed by atoms with van der Waals surface area (Å²) in [6, 6.07) is 6.95. The normalized spacial score (nSPS) is 16.2. The molecule has 0 aromatic heterocycles. The van der Waals surface area contributed by atoms with Gasteiger partial charge in [0.15, 0.2) is 0 Å². The zero-order valence-electron chi connectivity index (χ0n) is 11.0. The van der Waals surface area contributed by atoms with E-state index in [1.54, 1.807) is 24.3 Å². The Labute approximate surface area is 113 Å². The van der Waals surface area contributed by atoms with Gasteiger partial charge in [0, 0.05) is 25.3 Å². The number of nitrogens with two attached hydrogens (primary N) is 1. The number of nitrogen functional groups attached to an aromatic ring is 1. The molecule has 1 aromatic carbocycles. The number of esters is 1. The van der Waals surface area contributed by atoms with Crippen LogP contribution in [-0.4, -0.2) is 50.3 Å². The van der Waals surface area contributed by atoms with Gasteiger partial charge in [-0.25, -0.2) is 4.79 Å². The Kier molecular flexibility index (Phi) is 5.18. The Bertz CT molecular complexity index is 417. The molecule has 1 saturated heterocycles. The zero-order chi connectivity index (χ0) is 13.5.